The molecule has 0 N–H and O–H groups in total. The van der Waals surface area contributed by atoms with Crippen molar-refractivity contribution < 1.29 is 53.2 Å². The second-order valence-corrected chi connectivity index (χ2v) is 15.0. The molecule has 3 aliphatic heterocycles. The lowest BCUT2D eigenvalue weighted by molar-refractivity contribution is -0.222. The molecule has 0 atom stereocenters. The number of nitrogens with zero attached hydrogens (tertiary/aromatic N) is 3. The van der Waals surface area contributed by atoms with Crippen LogP contribution < -0.4 is 0 Å². The fourth-order valence-electron chi connectivity index (χ4n) is 1.83. The highest BCUT2D eigenvalue weighted by atomic mass is 35.9. The van der Waals surface area contributed by atoms with E-state index >= 15 is 0 Å². The molecular weight excluding hydrogens is 518 g/mol. The molecule has 2 fully saturated rings. The van der Waals surface area contributed by atoms with E-state index in [9.17, 15) is 35.1 Å². The molecule has 0 bridgehead atoms. The maximum Gasteiger partial charge on any atom is 0.347 e. The molecule has 0 radical (unpaired) electrons. The lowest BCUT2D eigenvalue weighted by Gasteiger charge is -2.28. The van der Waals surface area contributed by atoms with Crippen LogP contribution in [0.25, 0.3) is 0 Å². The molecule has 0 unspecified atom stereocenters. The van der Waals surface area contributed by atoms with Gasteiger partial charge in [0.2, 0.25) is 0 Å². The van der Waals surface area contributed by atoms with E-state index in [1.165, 1.54) is 0 Å². The minimum Gasteiger partial charge on any atom is -0.300 e. The Morgan fingerprint density at radius 1 is 0.536 bits per heavy atom. The number of hydrogen-bond donors (Lipinski definition) is 0. The number of rotatable bonds is 0. The van der Waals surface area contributed by atoms with E-state index in [4.69, 9.17) is 22.5 Å². The lowest BCUT2D eigenvalue weighted by atomic mass is 10.2. The standard InChI is InChI=1S/C8H8Cl2F8N3O4P3/c9-26(10)19-27(22-1-5(11,12)6(13,14)2-23-27)21-28(20-26)24-3-7(15,16)8(17,18)4-25-28/h1-4H2. The summed E-state index contributed by atoms with van der Waals surface area (Å²) in [5.41, 5.74) is 0. The third-order valence-corrected chi connectivity index (χ3v) is 13.0. The van der Waals surface area contributed by atoms with Crippen molar-refractivity contribution in [2.45, 2.75) is 23.7 Å². The first-order chi connectivity index (χ1) is 12.4. The molecule has 2 saturated heterocycles. The van der Waals surface area contributed by atoms with Crippen LogP contribution in [0.5, 0.6) is 0 Å². The summed E-state index contributed by atoms with van der Waals surface area (Å²) in [6.45, 7) is -7.83. The summed E-state index contributed by atoms with van der Waals surface area (Å²) in [5, 5.41) is 0. The van der Waals surface area contributed by atoms with Gasteiger partial charge in [0, 0.05) is 0 Å². The molecule has 3 aliphatic rings. The minimum absolute atomic E-state index is 1.96. The summed E-state index contributed by atoms with van der Waals surface area (Å²) < 4.78 is 137. The Bertz CT molecular complexity index is 765. The van der Waals surface area contributed by atoms with Gasteiger partial charge in [0.25, 0.3) is 5.91 Å². The van der Waals surface area contributed by atoms with Crippen molar-refractivity contribution in [2.75, 3.05) is 26.4 Å². The average Bonchev–Trinajstić information content (AvgIpc) is 2.66. The molecular formula is C8H8Cl2F8N3O4P3. The molecule has 0 saturated carbocycles. The summed E-state index contributed by atoms with van der Waals surface area (Å²) in [6.07, 6.45) is 0. The Hall–Kier alpha value is 0.550. The number of halogens is 10. The van der Waals surface area contributed by atoms with Gasteiger partial charge in [-0.05, 0) is 22.5 Å². The Balaban J connectivity index is 2.10. The van der Waals surface area contributed by atoms with Crippen molar-refractivity contribution in [3.05, 3.63) is 0 Å². The molecule has 3 rings (SSSR count). The fourth-order valence-corrected chi connectivity index (χ4v) is 12.7. The molecule has 0 amide bonds. The van der Waals surface area contributed by atoms with E-state index in [0.29, 0.717) is 0 Å². The van der Waals surface area contributed by atoms with E-state index < -0.39 is 71.3 Å². The van der Waals surface area contributed by atoms with E-state index in [1.807, 2.05) is 0 Å². The number of hydrogen-bond acceptors (Lipinski definition) is 7. The molecule has 0 aliphatic carbocycles. The zero-order valence-corrected chi connectivity index (χ0v) is 17.1. The van der Waals surface area contributed by atoms with Gasteiger partial charge in [-0.15, -0.1) is 4.52 Å². The van der Waals surface area contributed by atoms with Crippen LogP contribution in [0.1, 0.15) is 0 Å². The predicted molar refractivity (Wildman–Crippen MR) is 83.3 cm³/mol. The minimum atomic E-state index is -4.72. The number of alkyl halides is 8. The lowest BCUT2D eigenvalue weighted by Crippen LogP contribution is -2.45. The van der Waals surface area contributed by atoms with Crippen molar-refractivity contribution in [3.63, 3.8) is 0 Å². The van der Waals surface area contributed by atoms with Gasteiger partial charge in [-0.1, -0.05) is 0 Å². The molecule has 164 valence electrons. The SMILES string of the molecule is FC1(F)COP2(=NP(Cl)(Cl)=NP3(=N2)OCC(F)(F)C(F)(F)CO3)OCC1(F)F. The van der Waals surface area contributed by atoms with Crippen LogP contribution in [0.15, 0.2) is 13.5 Å². The van der Waals surface area contributed by atoms with Crippen LogP contribution >= 0.6 is 43.7 Å². The maximum absolute atomic E-state index is 13.5. The molecule has 0 aromatic rings. The summed E-state index contributed by atoms with van der Waals surface area (Å²) >= 11 is 11.6. The molecule has 0 aromatic carbocycles. The van der Waals surface area contributed by atoms with E-state index in [1.54, 1.807) is 0 Å². The topological polar surface area (TPSA) is 74.0 Å². The Morgan fingerprint density at radius 3 is 1.14 bits per heavy atom. The van der Waals surface area contributed by atoms with Crippen molar-refractivity contribution in [1.29, 1.82) is 0 Å². The summed E-state index contributed by atoms with van der Waals surface area (Å²) in [4.78, 5) is 0. The molecule has 3 heterocycles. The molecule has 2 spiro atoms. The maximum atomic E-state index is 13.5. The first-order valence-corrected chi connectivity index (χ1v) is 13.4. The third kappa shape index (κ3) is 4.16. The quantitative estimate of drug-likeness (QED) is 0.253. The summed E-state index contributed by atoms with van der Waals surface area (Å²) in [5.74, 6) is -23.0. The Kier molecular flexibility index (Phi) is 5.62. The van der Waals surface area contributed by atoms with Gasteiger partial charge in [-0.2, -0.15) is 44.2 Å². The largest absolute Gasteiger partial charge is 0.347 e. The van der Waals surface area contributed by atoms with Gasteiger partial charge in [0.15, 0.2) is 0 Å². The first-order valence-electron chi connectivity index (χ1n) is 6.85. The summed E-state index contributed by atoms with van der Waals surface area (Å²) in [6, 6.07) is 0. The van der Waals surface area contributed by atoms with Crippen LogP contribution in [0.4, 0.5) is 35.1 Å². The van der Waals surface area contributed by atoms with E-state index in [2.05, 4.69) is 31.6 Å². The highest BCUT2D eigenvalue weighted by Crippen LogP contribution is 2.84. The molecule has 28 heavy (non-hydrogen) atoms. The van der Waals surface area contributed by atoms with Crippen LogP contribution in [0, 0.1) is 0 Å². The van der Waals surface area contributed by atoms with E-state index in [0.717, 1.165) is 0 Å². The van der Waals surface area contributed by atoms with E-state index in [-0.39, 0.29) is 0 Å². The van der Waals surface area contributed by atoms with Gasteiger partial charge in [0.1, 0.15) is 26.4 Å². The third-order valence-electron chi connectivity index (χ3n) is 3.39. The monoisotopic (exact) mass is 525 g/mol. The van der Waals surface area contributed by atoms with Crippen LogP contribution in [0.3, 0.4) is 0 Å². The van der Waals surface area contributed by atoms with Crippen LogP contribution in [-0.4, -0.2) is 50.1 Å². The average molecular weight is 526 g/mol. The second kappa shape index (κ2) is 6.77. The zero-order valence-electron chi connectivity index (χ0n) is 12.9. The van der Waals surface area contributed by atoms with Crippen molar-refractivity contribution in [1.82, 2.24) is 0 Å². The highest BCUT2D eigenvalue weighted by Gasteiger charge is 2.63. The van der Waals surface area contributed by atoms with Crippen LogP contribution in [-0.2, 0) is 18.1 Å². The Labute approximate surface area is 161 Å². The van der Waals surface area contributed by atoms with Gasteiger partial charge in [-0.3, -0.25) is 18.1 Å². The smallest absolute Gasteiger partial charge is 0.300 e. The summed E-state index contributed by atoms with van der Waals surface area (Å²) in [7, 11) is -9.11. The normalized spacial score (nSPS) is 33.6. The fraction of sp³-hybridized carbons (Fsp3) is 1.00. The van der Waals surface area contributed by atoms with Crippen molar-refractivity contribution in [2.24, 2.45) is 13.5 Å². The molecule has 20 heteroatoms. The molecule has 0 aromatic heterocycles. The van der Waals surface area contributed by atoms with Gasteiger partial charge < -0.3 is 0 Å². The highest BCUT2D eigenvalue weighted by molar-refractivity contribution is 8.13. The zero-order chi connectivity index (χ0) is 21.3. The first kappa shape index (κ1) is 23.2. The van der Waals surface area contributed by atoms with Crippen molar-refractivity contribution in [3.8, 4) is 0 Å². The predicted octanol–water partition coefficient (Wildman–Crippen LogP) is 6.95. The van der Waals surface area contributed by atoms with Crippen LogP contribution in [0.2, 0.25) is 0 Å². The second-order valence-electron chi connectivity index (χ2n) is 5.62. The van der Waals surface area contributed by atoms with Gasteiger partial charge in [-0.25, -0.2) is 0 Å². The van der Waals surface area contributed by atoms with Gasteiger partial charge in [0.05, 0.1) is 0 Å². The molecule has 7 nitrogen and oxygen atoms in total. The Morgan fingerprint density at radius 2 is 0.821 bits per heavy atom. The van der Waals surface area contributed by atoms with Crippen molar-refractivity contribution >= 4 is 43.7 Å². The van der Waals surface area contributed by atoms with Gasteiger partial charge >= 0.3 is 39.0 Å².